The Labute approximate surface area is 194 Å². The Morgan fingerprint density at radius 1 is 1.12 bits per heavy atom. The molecule has 0 heterocycles. The fraction of sp³-hybridized carbons (Fsp3) is 0.714. The zero-order chi connectivity index (χ0) is 23.1. The first kappa shape index (κ1) is 23.6. The van der Waals surface area contributed by atoms with Crippen LogP contribution in [-0.4, -0.2) is 12.2 Å². The Kier molecular flexibility index (Phi) is 6.64. The van der Waals surface area contributed by atoms with Gasteiger partial charge in [0.25, 0.3) is 0 Å². The van der Waals surface area contributed by atoms with Crippen LogP contribution in [0, 0.1) is 35.0 Å². The summed E-state index contributed by atoms with van der Waals surface area (Å²) in [5.74, 6) is 8.52. The van der Waals surface area contributed by atoms with Gasteiger partial charge in [0.15, 0.2) is 0 Å². The first-order valence-corrected chi connectivity index (χ1v) is 13.0. The van der Waals surface area contributed by atoms with E-state index in [1.54, 1.807) is 5.01 Å². The van der Waals surface area contributed by atoms with E-state index in [0.29, 0.717) is 30.0 Å². The molecule has 4 rings (SSSR count). The second-order valence-electron chi connectivity index (χ2n) is 11.3. The number of anilines is 2. The lowest BCUT2D eigenvalue weighted by atomic mass is 9.49. The minimum absolute atomic E-state index is 0.216. The molecule has 3 fully saturated rings. The number of fused-ring (bicyclic) bond motifs is 3. The summed E-state index contributed by atoms with van der Waals surface area (Å²) >= 11 is 0. The Balaban J connectivity index is 1.51. The molecule has 1 aromatic carbocycles. The second kappa shape index (κ2) is 9.00. The van der Waals surface area contributed by atoms with Crippen LogP contribution < -0.4 is 16.6 Å². The summed E-state index contributed by atoms with van der Waals surface area (Å²) in [7, 11) is 0. The van der Waals surface area contributed by atoms with Gasteiger partial charge < -0.3 is 10.7 Å². The summed E-state index contributed by atoms with van der Waals surface area (Å²) in [5.41, 5.74) is 8.16. The predicted octanol–water partition coefficient (Wildman–Crippen LogP) is 6.89. The van der Waals surface area contributed by atoms with Crippen molar-refractivity contribution in [1.29, 1.82) is 0 Å². The number of alkyl halides is 1. The van der Waals surface area contributed by atoms with Crippen LogP contribution in [0.25, 0.3) is 0 Å². The van der Waals surface area contributed by atoms with Gasteiger partial charge in [0.05, 0.1) is 17.9 Å². The lowest BCUT2D eigenvalue weighted by molar-refractivity contribution is -0.121. The molecule has 1 aromatic rings. The highest BCUT2D eigenvalue weighted by molar-refractivity contribution is 5.66. The molecule has 7 atom stereocenters. The minimum atomic E-state index is -0.957. The van der Waals surface area contributed by atoms with Crippen molar-refractivity contribution in [2.45, 2.75) is 84.2 Å². The first-order valence-electron chi connectivity index (χ1n) is 13.0. The number of halogens is 1. The van der Waals surface area contributed by atoms with Crippen molar-refractivity contribution in [2.75, 3.05) is 17.3 Å². The number of benzene rings is 1. The largest absolute Gasteiger partial charge is 0.397 e. The standard InChI is InChI=1S/C28H44FN3/c1-5-16-28(29)20(6-2)11-12-21-23-14-13-22(27(23,4)17-15-24(21)28)19(3)18-32(31)26-10-8-7-9-25(26)30/h7-10,20-24H,3,5-6,11-18,30-31H2,1-2,4H3. The molecule has 7 unspecified atom stereocenters. The topological polar surface area (TPSA) is 55.3 Å². The molecule has 4 heteroatoms. The first-order chi connectivity index (χ1) is 15.3. The van der Waals surface area contributed by atoms with Gasteiger partial charge >= 0.3 is 0 Å². The van der Waals surface area contributed by atoms with Gasteiger partial charge in [-0.1, -0.05) is 57.9 Å². The average Bonchev–Trinajstić information content (AvgIpc) is 3.12. The minimum Gasteiger partial charge on any atom is -0.397 e. The van der Waals surface area contributed by atoms with E-state index in [1.807, 2.05) is 24.3 Å². The number of rotatable bonds is 7. The van der Waals surface area contributed by atoms with E-state index in [9.17, 15) is 0 Å². The van der Waals surface area contributed by atoms with Crippen molar-refractivity contribution in [3.63, 3.8) is 0 Å². The van der Waals surface area contributed by atoms with Gasteiger partial charge in [-0.2, -0.15) is 0 Å². The Morgan fingerprint density at radius 3 is 2.56 bits per heavy atom. The number of hydrazine groups is 1. The van der Waals surface area contributed by atoms with Crippen LogP contribution in [0.1, 0.15) is 78.6 Å². The lowest BCUT2D eigenvalue weighted by Gasteiger charge is -2.57. The van der Waals surface area contributed by atoms with Crippen LogP contribution >= 0.6 is 0 Å². The van der Waals surface area contributed by atoms with Crippen molar-refractivity contribution in [3.05, 3.63) is 36.4 Å². The molecule has 178 valence electrons. The van der Waals surface area contributed by atoms with Crippen LogP contribution in [0.2, 0.25) is 0 Å². The number of hydrogen-bond donors (Lipinski definition) is 2. The van der Waals surface area contributed by atoms with Gasteiger partial charge in [-0.05, 0) is 92.1 Å². The third kappa shape index (κ3) is 3.77. The van der Waals surface area contributed by atoms with Gasteiger partial charge in [0, 0.05) is 0 Å². The molecule has 3 nitrogen and oxygen atoms in total. The summed E-state index contributed by atoms with van der Waals surface area (Å²) in [6.07, 6.45) is 9.47. The van der Waals surface area contributed by atoms with Crippen molar-refractivity contribution >= 4 is 11.4 Å². The van der Waals surface area contributed by atoms with Crippen LogP contribution in [0.5, 0.6) is 0 Å². The molecule has 0 aliphatic heterocycles. The smallest absolute Gasteiger partial charge is 0.116 e. The zero-order valence-corrected chi connectivity index (χ0v) is 20.5. The van der Waals surface area contributed by atoms with Crippen LogP contribution in [0.3, 0.4) is 0 Å². The monoisotopic (exact) mass is 441 g/mol. The Morgan fingerprint density at radius 2 is 1.88 bits per heavy atom. The third-order valence-electron chi connectivity index (χ3n) is 9.82. The van der Waals surface area contributed by atoms with E-state index in [2.05, 4.69) is 27.4 Å². The maximum Gasteiger partial charge on any atom is 0.116 e. The van der Waals surface area contributed by atoms with Crippen molar-refractivity contribution in [2.24, 2.45) is 40.8 Å². The summed E-state index contributed by atoms with van der Waals surface area (Å²) in [6.45, 7) is 12.0. The van der Waals surface area contributed by atoms with E-state index >= 15 is 4.39 Å². The maximum atomic E-state index is 16.6. The van der Waals surface area contributed by atoms with Gasteiger partial charge in [-0.25, -0.2) is 10.2 Å². The molecule has 3 saturated carbocycles. The quantitative estimate of drug-likeness (QED) is 0.210. The summed E-state index contributed by atoms with van der Waals surface area (Å²) < 4.78 is 16.6. The number of nitrogens with two attached hydrogens (primary N) is 2. The zero-order valence-electron chi connectivity index (χ0n) is 20.5. The van der Waals surface area contributed by atoms with Crippen LogP contribution in [0.15, 0.2) is 36.4 Å². The Hall–Kier alpha value is -1.55. The molecule has 0 amide bonds. The highest BCUT2D eigenvalue weighted by atomic mass is 19.1. The molecular weight excluding hydrogens is 397 g/mol. The molecule has 0 spiro atoms. The molecule has 0 saturated heterocycles. The van der Waals surface area contributed by atoms with Gasteiger partial charge in [0.2, 0.25) is 0 Å². The number of nitrogen functional groups attached to an aromatic ring is 1. The molecule has 3 aliphatic rings. The van der Waals surface area contributed by atoms with Crippen molar-refractivity contribution in [1.82, 2.24) is 0 Å². The van der Waals surface area contributed by atoms with Gasteiger partial charge in [0.1, 0.15) is 5.67 Å². The Bertz CT molecular complexity index is 825. The van der Waals surface area contributed by atoms with E-state index in [-0.39, 0.29) is 17.3 Å². The fourth-order valence-corrected chi connectivity index (χ4v) is 8.37. The molecule has 0 radical (unpaired) electrons. The van der Waals surface area contributed by atoms with Gasteiger partial charge in [-0.3, -0.25) is 0 Å². The molecule has 32 heavy (non-hydrogen) atoms. The number of hydrogen-bond acceptors (Lipinski definition) is 3. The third-order valence-corrected chi connectivity index (χ3v) is 9.82. The summed E-state index contributed by atoms with van der Waals surface area (Å²) in [5, 5.41) is 1.75. The lowest BCUT2D eigenvalue weighted by Crippen LogP contribution is -2.55. The molecule has 0 bridgehead atoms. The highest BCUT2D eigenvalue weighted by Crippen LogP contribution is 2.66. The normalized spacial score (nSPS) is 38.7. The average molecular weight is 442 g/mol. The number of para-hydroxylation sites is 2. The summed E-state index contributed by atoms with van der Waals surface area (Å²) in [6, 6.07) is 7.75. The SMILES string of the molecule is C=C(CN(N)c1ccccc1N)C1CCC2C3CCC(CC)C(F)(CCC)C3CCC12C. The van der Waals surface area contributed by atoms with Crippen molar-refractivity contribution < 1.29 is 4.39 Å². The molecular formula is C28H44FN3. The van der Waals surface area contributed by atoms with Gasteiger partial charge in [-0.15, -0.1) is 0 Å². The second-order valence-corrected chi connectivity index (χ2v) is 11.3. The van der Waals surface area contributed by atoms with E-state index in [1.165, 1.54) is 18.4 Å². The molecule has 0 aromatic heterocycles. The van der Waals surface area contributed by atoms with E-state index < -0.39 is 5.67 Å². The van der Waals surface area contributed by atoms with Crippen LogP contribution in [0.4, 0.5) is 15.8 Å². The molecule has 4 N–H and O–H groups in total. The van der Waals surface area contributed by atoms with Crippen LogP contribution in [-0.2, 0) is 0 Å². The summed E-state index contributed by atoms with van der Waals surface area (Å²) in [4.78, 5) is 0. The highest BCUT2D eigenvalue weighted by Gasteiger charge is 2.61. The van der Waals surface area contributed by atoms with Crippen molar-refractivity contribution in [3.8, 4) is 0 Å². The molecule has 3 aliphatic carbocycles. The number of nitrogens with zero attached hydrogens (tertiary/aromatic N) is 1. The van der Waals surface area contributed by atoms with E-state index in [4.69, 9.17) is 11.6 Å². The van der Waals surface area contributed by atoms with E-state index in [0.717, 1.165) is 50.6 Å². The predicted molar refractivity (Wildman–Crippen MR) is 134 cm³/mol. The maximum absolute atomic E-state index is 16.6. The fourth-order valence-electron chi connectivity index (χ4n) is 8.37.